The number of aryl methyl sites for hydroxylation is 1. The number of amides is 2. The van der Waals surface area contributed by atoms with Crippen LogP contribution in [0.15, 0.2) is 36.8 Å². The molecule has 0 saturated carbocycles. The predicted octanol–water partition coefficient (Wildman–Crippen LogP) is 2.08. The van der Waals surface area contributed by atoms with Gasteiger partial charge in [-0.25, -0.2) is 9.78 Å². The first kappa shape index (κ1) is 20.3. The lowest BCUT2D eigenvalue weighted by molar-refractivity contribution is -0.137. The van der Waals surface area contributed by atoms with Gasteiger partial charge in [0.05, 0.1) is 12.7 Å². The van der Waals surface area contributed by atoms with E-state index in [4.69, 9.17) is 16.3 Å². The van der Waals surface area contributed by atoms with Crippen LogP contribution < -0.4 is 5.32 Å². The van der Waals surface area contributed by atoms with Crippen LogP contribution in [0.25, 0.3) is 0 Å². The first-order chi connectivity index (χ1) is 12.9. The molecule has 0 atom stereocenters. The van der Waals surface area contributed by atoms with Crippen molar-refractivity contribution in [3.63, 3.8) is 0 Å². The summed E-state index contributed by atoms with van der Waals surface area (Å²) in [5.74, 6) is -1.63. The molecule has 0 bridgehead atoms. The number of esters is 1. The molecule has 142 valence electrons. The summed E-state index contributed by atoms with van der Waals surface area (Å²) >= 11 is 5.93. The van der Waals surface area contributed by atoms with Gasteiger partial charge < -0.3 is 15.0 Å². The Kier molecular flexibility index (Phi) is 7.25. The van der Waals surface area contributed by atoms with Crippen molar-refractivity contribution in [2.75, 3.05) is 25.0 Å². The zero-order valence-corrected chi connectivity index (χ0v) is 15.7. The second-order valence-corrected chi connectivity index (χ2v) is 6.02. The number of carbonyl (C=O) groups is 3. The largest absolute Gasteiger partial charge is 0.451 e. The number of nitrogens with one attached hydrogen (secondary N) is 1. The summed E-state index contributed by atoms with van der Waals surface area (Å²) in [5.41, 5.74) is 1.42. The minimum Gasteiger partial charge on any atom is -0.451 e. The van der Waals surface area contributed by atoms with Gasteiger partial charge in [0.25, 0.3) is 5.91 Å². The summed E-state index contributed by atoms with van der Waals surface area (Å²) in [4.78, 5) is 45.1. The monoisotopic (exact) mass is 390 g/mol. The molecule has 1 heterocycles. The third kappa shape index (κ3) is 6.03. The molecular weight excluding hydrogens is 372 g/mol. The van der Waals surface area contributed by atoms with E-state index < -0.39 is 18.5 Å². The van der Waals surface area contributed by atoms with Crippen LogP contribution in [0.2, 0.25) is 5.02 Å². The van der Waals surface area contributed by atoms with Crippen LogP contribution in [0.4, 0.5) is 5.69 Å². The van der Waals surface area contributed by atoms with Crippen molar-refractivity contribution in [3.05, 3.63) is 53.1 Å². The highest BCUT2D eigenvalue weighted by Crippen LogP contribution is 2.20. The van der Waals surface area contributed by atoms with E-state index in [2.05, 4.69) is 15.3 Å². The van der Waals surface area contributed by atoms with Gasteiger partial charge in [0.15, 0.2) is 12.3 Å². The maximum atomic E-state index is 12.2. The average molecular weight is 391 g/mol. The zero-order chi connectivity index (χ0) is 19.8. The van der Waals surface area contributed by atoms with Crippen molar-refractivity contribution < 1.29 is 19.1 Å². The molecule has 0 fully saturated rings. The van der Waals surface area contributed by atoms with E-state index in [9.17, 15) is 14.4 Å². The van der Waals surface area contributed by atoms with Gasteiger partial charge in [0, 0.05) is 29.6 Å². The number of aromatic nitrogens is 2. The molecule has 0 aliphatic rings. The van der Waals surface area contributed by atoms with Crippen molar-refractivity contribution in [1.29, 1.82) is 0 Å². The molecule has 1 N–H and O–H groups in total. The van der Waals surface area contributed by atoms with Gasteiger partial charge in [-0.15, -0.1) is 0 Å². The highest BCUT2D eigenvalue weighted by molar-refractivity contribution is 6.31. The molecule has 0 saturated heterocycles. The highest BCUT2D eigenvalue weighted by atomic mass is 35.5. The number of anilines is 1. The van der Waals surface area contributed by atoms with Crippen molar-refractivity contribution in [3.8, 4) is 0 Å². The Balaban J connectivity index is 1.89. The summed E-state index contributed by atoms with van der Waals surface area (Å²) in [6, 6.07) is 5.14. The summed E-state index contributed by atoms with van der Waals surface area (Å²) < 4.78 is 4.93. The van der Waals surface area contributed by atoms with Gasteiger partial charge in [-0.05, 0) is 31.5 Å². The Labute approximate surface area is 161 Å². The van der Waals surface area contributed by atoms with E-state index in [1.165, 1.54) is 23.5 Å². The first-order valence-electron chi connectivity index (χ1n) is 8.17. The Morgan fingerprint density at radius 3 is 2.70 bits per heavy atom. The second-order valence-electron chi connectivity index (χ2n) is 5.58. The van der Waals surface area contributed by atoms with E-state index in [0.29, 0.717) is 10.7 Å². The molecule has 8 nitrogen and oxygen atoms in total. The molecule has 0 aliphatic heterocycles. The maximum Gasteiger partial charge on any atom is 0.359 e. The minimum absolute atomic E-state index is 0.00234. The first-order valence-corrected chi connectivity index (χ1v) is 8.55. The summed E-state index contributed by atoms with van der Waals surface area (Å²) in [6.45, 7) is 3.17. The fraction of sp³-hybridized carbons (Fsp3) is 0.278. The molecule has 2 amide bonds. The SMILES string of the molecule is CCN(CC(=O)Nc1cc(Cl)ccc1C)C(=O)COC(=O)c1cnccn1. The average Bonchev–Trinajstić information content (AvgIpc) is 2.67. The topological polar surface area (TPSA) is 101 Å². The standard InChI is InChI=1S/C18H19ClN4O4/c1-3-23(10-16(24)22-14-8-13(19)5-4-12(14)2)17(25)11-27-18(26)15-9-20-6-7-21-15/h4-9H,3,10-11H2,1-2H3,(H,22,24). The molecule has 0 spiro atoms. The Morgan fingerprint density at radius 2 is 2.04 bits per heavy atom. The lowest BCUT2D eigenvalue weighted by Crippen LogP contribution is -2.40. The fourth-order valence-electron chi connectivity index (χ4n) is 2.17. The summed E-state index contributed by atoms with van der Waals surface area (Å²) in [5, 5.41) is 3.21. The third-order valence-corrected chi connectivity index (χ3v) is 3.88. The molecule has 1 aromatic carbocycles. The van der Waals surface area contributed by atoms with Crippen LogP contribution in [0.1, 0.15) is 23.0 Å². The second kappa shape index (κ2) is 9.63. The van der Waals surface area contributed by atoms with Crippen LogP contribution in [0.3, 0.4) is 0 Å². The van der Waals surface area contributed by atoms with E-state index in [0.717, 1.165) is 5.56 Å². The molecule has 0 aliphatic carbocycles. The third-order valence-electron chi connectivity index (χ3n) is 3.64. The maximum absolute atomic E-state index is 12.2. The summed E-state index contributed by atoms with van der Waals surface area (Å²) in [7, 11) is 0. The lowest BCUT2D eigenvalue weighted by Gasteiger charge is -2.20. The van der Waals surface area contributed by atoms with E-state index >= 15 is 0 Å². The van der Waals surface area contributed by atoms with Gasteiger partial charge >= 0.3 is 5.97 Å². The smallest absolute Gasteiger partial charge is 0.359 e. The van der Waals surface area contributed by atoms with E-state index in [1.807, 2.05) is 6.92 Å². The molecule has 0 unspecified atom stereocenters. The Morgan fingerprint density at radius 1 is 1.26 bits per heavy atom. The normalized spacial score (nSPS) is 10.2. The Bertz CT molecular complexity index is 829. The molecule has 2 aromatic rings. The number of hydrogen-bond donors (Lipinski definition) is 1. The lowest BCUT2D eigenvalue weighted by atomic mass is 10.2. The van der Waals surface area contributed by atoms with Crippen molar-refractivity contribution in [2.24, 2.45) is 0 Å². The number of carbonyl (C=O) groups excluding carboxylic acids is 3. The minimum atomic E-state index is -0.758. The predicted molar refractivity (Wildman–Crippen MR) is 99.4 cm³/mol. The van der Waals surface area contributed by atoms with Gasteiger partial charge in [0.2, 0.25) is 5.91 Å². The molecule has 9 heteroatoms. The molecule has 2 rings (SSSR count). The van der Waals surface area contributed by atoms with Crippen LogP contribution in [-0.2, 0) is 14.3 Å². The number of ether oxygens (including phenoxy) is 1. The number of benzene rings is 1. The van der Waals surface area contributed by atoms with Gasteiger partial charge in [0.1, 0.15) is 0 Å². The van der Waals surface area contributed by atoms with Crippen LogP contribution >= 0.6 is 11.6 Å². The van der Waals surface area contributed by atoms with Crippen LogP contribution in [0, 0.1) is 6.92 Å². The summed E-state index contributed by atoms with van der Waals surface area (Å²) in [6.07, 6.45) is 4.01. The van der Waals surface area contributed by atoms with Gasteiger partial charge in [-0.2, -0.15) is 0 Å². The van der Waals surface area contributed by atoms with Crippen molar-refractivity contribution >= 4 is 35.1 Å². The quantitative estimate of drug-likeness (QED) is 0.726. The van der Waals surface area contributed by atoms with E-state index in [1.54, 1.807) is 25.1 Å². The molecule has 1 aromatic heterocycles. The van der Waals surface area contributed by atoms with Gasteiger partial charge in [-0.1, -0.05) is 17.7 Å². The van der Waals surface area contributed by atoms with Crippen LogP contribution in [0.5, 0.6) is 0 Å². The molecular formula is C18H19ClN4O4. The number of halogens is 1. The van der Waals surface area contributed by atoms with Crippen molar-refractivity contribution in [2.45, 2.75) is 13.8 Å². The number of hydrogen-bond acceptors (Lipinski definition) is 6. The van der Waals surface area contributed by atoms with Gasteiger partial charge in [-0.3, -0.25) is 14.6 Å². The number of nitrogens with zero attached hydrogens (tertiary/aromatic N) is 3. The molecule has 27 heavy (non-hydrogen) atoms. The van der Waals surface area contributed by atoms with Crippen LogP contribution in [-0.4, -0.2) is 52.3 Å². The number of likely N-dealkylation sites (N-methyl/N-ethyl adjacent to an activating group) is 1. The molecule has 0 radical (unpaired) electrons. The Hall–Kier alpha value is -3.00. The zero-order valence-electron chi connectivity index (χ0n) is 14.9. The highest BCUT2D eigenvalue weighted by Gasteiger charge is 2.19. The fourth-order valence-corrected chi connectivity index (χ4v) is 2.34. The van der Waals surface area contributed by atoms with E-state index in [-0.39, 0.29) is 24.7 Å². The number of rotatable bonds is 7. The van der Waals surface area contributed by atoms with Crippen molar-refractivity contribution in [1.82, 2.24) is 14.9 Å².